The molecule has 3 aromatic rings. The summed E-state index contributed by atoms with van der Waals surface area (Å²) in [6, 6.07) is 12.1. The topological polar surface area (TPSA) is 110 Å². The van der Waals surface area contributed by atoms with Crippen molar-refractivity contribution in [3.8, 4) is 17.2 Å². The van der Waals surface area contributed by atoms with Gasteiger partial charge in [-0.2, -0.15) is 0 Å². The van der Waals surface area contributed by atoms with Crippen molar-refractivity contribution < 1.29 is 19.4 Å². The quantitative estimate of drug-likeness (QED) is 0.572. The number of hydrogen-bond donors (Lipinski definition) is 3. The van der Waals surface area contributed by atoms with E-state index in [-0.39, 0.29) is 11.7 Å². The molecule has 0 radical (unpaired) electrons. The Balaban J connectivity index is 1.67. The van der Waals surface area contributed by atoms with Crippen LogP contribution in [0.25, 0.3) is 22.6 Å². The van der Waals surface area contributed by atoms with Gasteiger partial charge in [-0.3, -0.25) is 4.79 Å². The number of phenolic OH excluding ortho intramolecular Hbond substituents is 1. The summed E-state index contributed by atoms with van der Waals surface area (Å²) in [5, 5.41) is 19.7. The number of aliphatic hydroxyl groups is 1. The normalized spacial score (nSPS) is 12.4. The first-order chi connectivity index (χ1) is 12.0. The molecule has 0 aliphatic rings. The lowest BCUT2D eigenvalue weighted by Crippen LogP contribution is -2.09. The molecule has 25 heavy (non-hydrogen) atoms. The molecule has 0 aliphatic heterocycles. The van der Waals surface area contributed by atoms with Gasteiger partial charge in [0.2, 0.25) is 11.8 Å². The molecule has 0 spiro atoms. The van der Waals surface area contributed by atoms with Gasteiger partial charge in [-0.15, -0.1) is 0 Å². The largest absolute Gasteiger partial charge is 0.508 e. The SMILES string of the molecule is NC(=O)CCCC[C@@H](O)c1ccc(-c2nc3ccc(O)cc3o2)cc1. The smallest absolute Gasteiger partial charge is 0.227 e. The summed E-state index contributed by atoms with van der Waals surface area (Å²) in [7, 11) is 0. The molecule has 6 nitrogen and oxygen atoms in total. The van der Waals surface area contributed by atoms with Crippen LogP contribution in [0, 0.1) is 0 Å². The number of phenols is 1. The molecular weight excluding hydrogens is 320 g/mol. The third kappa shape index (κ3) is 4.16. The van der Waals surface area contributed by atoms with Crippen molar-refractivity contribution in [1.82, 2.24) is 4.98 Å². The van der Waals surface area contributed by atoms with E-state index in [0.717, 1.165) is 17.5 Å². The minimum absolute atomic E-state index is 0.130. The van der Waals surface area contributed by atoms with Gasteiger partial charge in [0, 0.05) is 18.1 Å². The Morgan fingerprint density at radius 2 is 1.92 bits per heavy atom. The van der Waals surface area contributed by atoms with Crippen molar-refractivity contribution in [3.05, 3.63) is 48.0 Å². The van der Waals surface area contributed by atoms with Crippen LogP contribution in [0.5, 0.6) is 5.75 Å². The van der Waals surface area contributed by atoms with Crippen LogP contribution in [0.4, 0.5) is 0 Å². The highest BCUT2D eigenvalue weighted by Crippen LogP contribution is 2.28. The molecule has 0 aliphatic carbocycles. The third-order valence-electron chi connectivity index (χ3n) is 4.07. The van der Waals surface area contributed by atoms with Crippen LogP contribution in [0.3, 0.4) is 0 Å². The summed E-state index contributed by atoms with van der Waals surface area (Å²) in [6.07, 6.45) is 1.76. The maximum atomic E-state index is 10.7. The first-order valence-corrected chi connectivity index (χ1v) is 8.19. The van der Waals surface area contributed by atoms with E-state index < -0.39 is 6.10 Å². The van der Waals surface area contributed by atoms with Crippen LogP contribution < -0.4 is 5.73 Å². The number of carbonyl (C=O) groups excluding carboxylic acids is 1. The molecule has 0 fully saturated rings. The van der Waals surface area contributed by atoms with Crippen molar-refractivity contribution in [2.24, 2.45) is 5.73 Å². The van der Waals surface area contributed by atoms with Gasteiger partial charge in [0.1, 0.15) is 11.3 Å². The number of aliphatic hydroxyl groups excluding tert-OH is 1. The van der Waals surface area contributed by atoms with Gasteiger partial charge in [0.05, 0.1) is 6.10 Å². The second-order valence-electron chi connectivity index (χ2n) is 6.02. The molecule has 4 N–H and O–H groups in total. The third-order valence-corrected chi connectivity index (χ3v) is 4.07. The van der Waals surface area contributed by atoms with Crippen LogP contribution >= 0.6 is 0 Å². The Morgan fingerprint density at radius 3 is 2.64 bits per heavy atom. The zero-order valence-electron chi connectivity index (χ0n) is 13.7. The summed E-state index contributed by atoms with van der Waals surface area (Å²) in [6.45, 7) is 0. The summed E-state index contributed by atoms with van der Waals surface area (Å²) < 4.78 is 5.66. The van der Waals surface area contributed by atoms with Crippen molar-refractivity contribution in [3.63, 3.8) is 0 Å². The number of benzene rings is 2. The number of amides is 1. The molecule has 0 saturated carbocycles. The van der Waals surface area contributed by atoms with Gasteiger partial charge >= 0.3 is 0 Å². The number of oxazole rings is 1. The first kappa shape index (κ1) is 17.0. The zero-order valence-corrected chi connectivity index (χ0v) is 13.7. The molecule has 0 bridgehead atoms. The fourth-order valence-corrected chi connectivity index (χ4v) is 2.69. The number of aromatic nitrogens is 1. The summed E-state index contributed by atoms with van der Waals surface area (Å²) in [5.41, 5.74) is 7.89. The van der Waals surface area contributed by atoms with E-state index in [1.807, 2.05) is 24.3 Å². The van der Waals surface area contributed by atoms with E-state index in [2.05, 4.69) is 4.98 Å². The lowest BCUT2D eigenvalue weighted by atomic mass is 10.0. The standard InChI is InChI=1S/C19H20N2O4/c20-18(24)4-2-1-3-16(23)12-5-7-13(8-6-12)19-21-15-10-9-14(22)11-17(15)25-19/h5-11,16,22-23H,1-4H2,(H2,20,24)/t16-/m1/s1. The van der Waals surface area contributed by atoms with Crippen molar-refractivity contribution in [2.75, 3.05) is 0 Å². The summed E-state index contributed by atoms with van der Waals surface area (Å²) in [5.74, 6) is 0.276. The Kier molecular flexibility index (Phi) is 5.00. The highest BCUT2D eigenvalue weighted by Gasteiger charge is 2.11. The fourth-order valence-electron chi connectivity index (χ4n) is 2.69. The van der Waals surface area contributed by atoms with Crippen LogP contribution in [0.2, 0.25) is 0 Å². The molecule has 6 heteroatoms. The Bertz CT molecular complexity index is 871. The van der Waals surface area contributed by atoms with Gasteiger partial charge in [0.25, 0.3) is 0 Å². The average Bonchev–Trinajstić information content (AvgIpc) is 3.01. The van der Waals surface area contributed by atoms with Gasteiger partial charge < -0.3 is 20.4 Å². The molecule has 130 valence electrons. The molecule has 1 heterocycles. The van der Waals surface area contributed by atoms with Crippen molar-refractivity contribution >= 4 is 17.0 Å². The number of nitrogens with two attached hydrogens (primary N) is 1. The molecule has 2 aromatic carbocycles. The number of aromatic hydroxyl groups is 1. The van der Waals surface area contributed by atoms with E-state index in [0.29, 0.717) is 36.3 Å². The number of rotatable bonds is 7. The van der Waals surface area contributed by atoms with Crippen molar-refractivity contribution in [2.45, 2.75) is 31.8 Å². The number of primary amides is 1. The highest BCUT2D eigenvalue weighted by atomic mass is 16.3. The lowest BCUT2D eigenvalue weighted by Gasteiger charge is -2.10. The van der Waals surface area contributed by atoms with E-state index >= 15 is 0 Å². The second-order valence-corrected chi connectivity index (χ2v) is 6.02. The molecule has 1 atom stereocenters. The van der Waals surface area contributed by atoms with E-state index in [1.165, 1.54) is 6.07 Å². The van der Waals surface area contributed by atoms with Crippen LogP contribution in [-0.2, 0) is 4.79 Å². The number of carbonyl (C=O) groups is 1. The molecule has 0 unspecified atom stereocenters. The van der Waals surface area contributed by atoms with Gasteiger partial charge in [-0.25, -0.2) is 4.98 Å². The monoisotopic (exact) mass is 340 g/mol. The van der Waals surface area contributed by atoms with E-state index in [4.69, 9.17) is 10.2 Å². The minimum Gasteiger partial charge on any atom is -0.508 e. The maximum absolute atomic E-state index is 10.7. The van der Waals surface area contributed by atoms with Crippen LogP contribution in [0.15, 0.2) is 46.9 Å². The Labute approximate surface area is 144 Å². The Morgan fingerprint density at radius 1 is 1.16 bits per heavy atom. The summed E-state index contributed by atoms with van der Waals surface area (Å²) >= 11 is 0. The molecule has 3 rings (SSSR count). The Hall–Kier alpha value is -2.86. The van der Waals surface area contributed by atoms with E-state index in [1.54, 1.807) is 12.1 Å². The number of nitrogens with zero attached hydrogens (tertiary/aromatic N) is 1. The number of hydrogen-bond acceptors (Lipinski definition) is 5. The second kappa shape index (κ2) is 7.36. The molecular formula is C19H20N2O4. The number of fused-ring (bicyclic) bond motifs is 1. The van der Waals surface area contributed by atoms with Gasteiger partial charge in [0.15, 0.2) is 5.58 Å². The predicted molar refractivity (Wildman–Crippen MR) is 93.7 cm³/mol. The average molecular weight is 340 g/mol. The zero-order chi connectivity index (χ0) is 17.8. The minimum atomic E-state index is -0.581. The highest BCUT2D eigenvalue weighted by molar-refractivity contribution is 5.77. The molecule has 0 saturated heterocycles. The van der Waals surface area contributed by atoms with Gasteiger partial charge in [-0.05, 0) is 42.7 Å². The maximum Gasteiger partial charge on any atom is 0.227 e. The lowest BCUT2D eigenvalue weighted by molar-refractivity contribution is -0.118. The molecule has 1 aromatic heterocycles. The predicted octanol–water partition coefficient (Wildman–Crippen LogP) is 3.28. The van der Waals surface area contributed by atoms with Crippen LogP contribution in [-0.4, -0.2) is 21.1 Å². The van der Waals surface area contributed by atoms with Gasteiger partial charge in [-0.1, -0.05) is 18.6 Å². The molecule has 1 amide bonds. The van der Waals surface area contributed by atoms with E-state index in [9.17, 15) is 15.0 Å². The van der Waals surface area contributed by atoms with Crippen LogP contribution in [0.1, 0.15) is 37.4 Å². The number of unbranched alkanes of at least 4 members (excludes halogenated alkanes) is 1. The fraction of sp³-hybridized carbons (Fsp3) is 0.263. The van der Waals surface area contributed by atoms with Crippen molar-refractivity contribution in [1.29, 1.82) is 0 Å². The first-order valence-electron chi connectivity index (χ1n) is 8.19. The summed E-state index contributed by atoms with van der Waals surface area (Å²) in [4.78, 5) is 15.1.